The van der Waals surface area contributed by atoms with Crippen LogP contribution in [-0.4, -0.2) is 29.8 Å². The molecule has 1 fully saturated rings. The van der Waals surface area contributed by atoms with E-state index in [2.05, 4.69) is 19.2 Å². The molecule has 1 aromatic carbocycles. The average molecular weight is 351 g/mol. The smallest absolute Gasteiger partial charge is 0.222 e. The molecule has 0 bridgehead atoms. The van der Waals surface area contributed by atoms with Gasteiger partial charge in [-0.25, -0.2) is 0 Å². The first-order valence-electron chi connectivity index (χ1n) is 8.78. The second-order valence-corrected chi connectivity index (χ2v) is 7.31. The molecule has 0 radical (unpaired) electrons. The normalized spacial score (nSPS) is 15.8. The number of amides is 2. The summed E-state index contributed by atoms with van der Waals surface area (Å²) in [7, 11) is 0. The van der Waals surface area contributed by atoms with Gasteiger partial charge in [0, 0.05) is 31.0 Å². The number of rotatable bonds is 8. The van der Waals surface area contributed by atoms with Crippen LogP contribution in [0.2, 0.25) is 5.02 Å². The van der Waals surface area contributed by atoms with Crippen LogP contribution in [0.25, 0.3) is 0 Å². The van der Waals surface area contributed by atoms with Crippen molar-refractivity contribution >= 4 is 23.4 Å². The van der Waals surface area contributed by atoms with Crippen molar-refractivity contribution in [1.82, 2.24) is 10.2 Å². The fourth-order valence-electron chi connectivity index (χ4n) is 2.96. The highest BCUT2D eigenvalue weighted by atomic mass is 35.5. The van der Waals surface area contributed by atoms with Crippen molar-refractivity contribution in [2.75, 3.05) is 13.1 Å². The lowest BCUT2D eigenvalue weighted by Gasteiger charge is -2.21. The van der Waals surface area contributed by atoms with E-state index >= 15 is 0 Å². The molecule has 4 nitrogen and oxygen atoms in total. The Morgan fingerprint density at radius 1 is 1.25 bits per heavy atom. The molecule has 1 aliphatic heterocycles. The maximum atomic E-state index is 12.3. The van der Waals surface area contributed by atoms with E-state index in [0.29, 0.717) is 30.3 Å². The van der Waals surface area contributed by atoms with Gasteiger partial charge in [0.15, 0.2) is 0 Å². The minimum atomic E-state index is -0.00792. The molecule has 0 aliphatic carbocycles. The number of nitrogens with zero attached hydrogens (tertiary/aromatic N) is 1. The second kappa shape index (κ2) is 9.07. The van der Waals surface area contributed by atoms with E-state index in [1.54, 1.807) is 4.90 Å². The number of carbonyl (C=O) groups is 2. The Balaban J connectivity index is 1.92. The fourth-order valence-corrected chi connectivity index (χ4v) is 3.09. The summed E-state index contributed by atoms with van der Waals surface area (Å²) in [4.78, 5) is 25.7. The highest BCUT2D eigenvalue weighted by Gasteiger charge is 2.21. The lowest BCUT2D eigenvalue weighted by atomic mass is 9.97. The van der Waals surface area contributed by atoms with Crippen molar-refractivity contribution < 1.29 is 9.59 Å². The van der Waals surface area contributed by atoms with Crippen molar-refractivity contribution in [3.8, 4) is 0 Å². The molecule has 1 aliphatic rings. The van der Waals surface area contributed by atoms with Gasteiger partial charge in [0.05, 0.1) is 6.04 Å². The van der Waals surface area contributed by atoms with Crippen LogP contribution in [0, 0.1) is 5.92 Å². The number of benzene rings is 1. The second-order valence-electron chi connectivity index (χ2n) is 6.88. The lowest BCUT2D eigenvalue weighted by Crippen LogP contribution is -2.33. The average Bonchev–Trinajstić information content (AvgIpc) is 2.95. The Kier molecular flexibility index (Phi) is 7.10. The molecule has 0 aromatic heterocycles. The number of nitrogens with one attached hydrogen (secondary N) is 1. The number of hydrogen-bond acceptors (Lipinski definition) is 2. The summed E-state index contributed by atoms with van der Waals surface area (Å²) in [5, 5.41) is 3.82. The molecule has 5 heteroatoms. The minimum absolute atomic E-state index is 0.00148. The van der Waals surface area contributed by atoms with E-state index in [0.717, 1.165) is 31.4 Å². The van der Waals surface area contributed by atoms with Crippen molar-refractivity contribution in [2.24, 2.45) is 5.92 Å². The summed E-state index contributed by atoms with van der Waals surface area (Å²) in [6.45, 7) is 5.65. The quantitative estimate of drug-likeness (QED) is 0.771. The number of carbonyl (C=O) groups excluding carboxylic acids is 2. The summed E-state index contributed by atoms with van der Waals surface area (Å²) in [6, 6.07) is 7.64. The number of halogens is 1. The number of likely N-dealkylation sites (tertiary alicyclic amines) is 1. The van der Waals surface area contributed by atoms with Gasteiger partial charge in [0.1, 0.15) is 0 Å². The van der Waals surface area contributed by atoms with Gasteiger partial charge >= 0.3 is 0 Å². The van der Waals surface area contributed by atoms with Crippen LogP contribution >= 0.6 is 11.6 Å². The molecule has 1 saturated heterocycles. The number of hydrogen-bond donors (Lipinski definition) is 1. The van der Waals surface area contributed by atoms with E-state index in [4.69, 9.17) is 11.6 Å². The van der Waals surface area contributed by atoms with Gasteiger partial charge in [-0.1, -0.05) is 37.6 Å². The Morgan fingerprint density at radius 2 is 1.96 bits per heavy atom. The standard InChI is InChI=1S/C19H27ClN2O2/c1-14(2)5-10-17(15-6-8-16(20)9-7-15)21-18(23)11-13-22-12-3-4-19(22)24/h6-9,14,17H,3-5,10-13H2,1-2H3,(H,21,23). The van der Waals surface area contributed by atoms with Crippen molar-refractivity contribution in [3.05, 3.63) is 34.9 Å². The van der Waals surface area contributed by atoms with Crippen LogP contribution in [0.15, 0.2) is 24.3 Å². The summed E-state index contributed by atoms with van der Waals surface area (Å²) < 4.78 is 0. The topological polar surface area (TPSA) is 49.4 Å². The van der Waals surface area contributed by atoms with E-state index in [1.165, 1.54) is 0 Å². The summed E-state index contributed by atoms with van der Waals surface area (Å²) >= 11 is 5.96. The zero-order valence-electron chi connectivity index (χ0n) is 14.6. The van der Waals surface area contributed by atoms with Crippen LogP contribution in [0.5, 0.6) is 0 Å². The molecule has 2 amide bonds. The maximum absolute atomic E-state index is 12.3. The van der Waals surface area contributed by atoms with Crippen LogP contribution in [0.4, 0.5) is 0 Å². The highest BCUT2D eigenvalue weighted by Crippen LogP contribution is 2.23. The predicted octanol–water partition coefficient (Wildman–Crippen LogP) is 3.95. The van der Waals surface area contributed by atoms with Crippen LogP contribution in [0.1, 0.15) is 57.6 Å². The SMILES string of the molecule is CC(C)CCC(NC(=O)CCN1CCCC1=O)c1ccc(Cl)cc1. The van der Waals surface area contributed by atoms with Gasteiger partial charge in [-0.15, -0.1) is 0 Å². The van der Waals surface area contributed by atoms with Crippen LogP contribution in [0.3, 0.4) is 0 Å². The molecule has 0 spiro atoms. The zero-order valence-corrected chi connectivity index (χ0v) is 15.3. The molecule has 2 rings (SSSR count). The van der Waals surface area contributed by atoms with E-state index < -0.39 is 0 Å². The monoisotopic (exact) mass is 350 g/mol. The van der Waals surface area contributed by atoms with Gasteiger partial charge in [-0.2, -0.15) is 0 Å². The minimum Gasteiger partial charge on any atom is -0.349 e. The van der Waals surface area contributed by atoms with Crippen LogP contribution < -0.4 is 5.32 Å². The van der Waals surface area contributed by atoms with E-state index in [-0.39, 0.29) is 17.9 Å². The largest absolute Gasteiger partial charge is 0.349 e. The third-order valence-electron chi connectivity index (χ3n) is 4.42. The Morgan fingerprint density at radius 3 is 2.54 bits per heavy atom. The molecule has 132 valence electrons. The fraction of sp³-hybridized carbons (Fsp3) is 0.579. The molecule has 1 unspecified atom stereocenters. The van der Waals surface area contributed by atoms with Gasteiger partial charge in [-0.3, -0.25) is 9.59 Å². The van der Waals surface area contributed by atoms with E-state index in [1.807, 2.05) is 24.3 Å². The van der Waals surface area contributed by atoms with Crippen molar-refractivity contribution in [1.29, 1.82) is 0 Å². The van der Waals surface area contributed by atoms with Gasteiger partial charge < -0.3 is 10.2 Å². The molecule has 24 heavy (non-hydrogen) atoms. The third-order valence-corrected chi connectivity index (χ3v) is 4.67. The first-order valence-corrected chi connectivity index (χ1v) is 9.16. The summed E-state index contributed by atoms with van der Waals surface area (Å²) in [5.74, 6) is 0.745. The highest BCUT2D eigenvalue weighted by molar-refractivity contribution is 6.30. The predicted molar refractivity (Wildman–Crippen MR) is 96.8 cm³/mol. The zero-order chi connectivity index (χ0) is 17.5. The Labute approximate surface area is 149 Å². The Bertz CT molecular complexity index is 557. The van der Waals surface area contributed by atoms with Crippen LogP contribution in [-0.2, 0) is 9.59 Å². The molecular formula is C19H27ClN2O2. The molecule has 1 N–H and O–H groups in total. The van der Waals surface area contributed by atoms with Gasteiger partial charge in [-0.05, 0) is 42.9 Å². The van der Waals surface area contributed by atoms with Crippen molar-refractivity contribution in [2.45, 2.75) is 52.0 Å². The molecule has 1 heterocycles. The first kappa shape index (κ1) is 18.8. The lowest BCUT2D eigenvalue weighted by molar-refractivity contribution is -0.128. The van der Waals surface area contributed by atoms with E-state index in [9.17, 15) is 9.59 Å². The molecule has 1 aromatic rings. The maximum Gasteiger partial charge on any atom is 0.222 e. The molecule has 0 saturated carbocycles. The summed E-state index contributed by atoms with van der Waals surface area (Å²) in [6.07, 6.45) is 3.81. The third kappa shape index (κ3) is 5.82. The molecule has 1 atom stereocenters. The van der Waals surface area contributed by atoms with Gasteiger partial charge in [0.2, 0.25) is 11.8 Å². The van der Waals surface area contributed by atoms with Gasteiger partial charge in [0.25, 0.3) is 0 Å². The van der Waals surface area contributed by atoms with Crippen molar-refractivity contribution in [3.63, 3.8) is 0 Å². The first-order chi connectivity index (χ1) is 11.5. The summed E-state index contributed by atoms with van der Waals surface area (Å²) in [5.41, 5.74) is 1.07. The molecular weight excluding hydrogens is 324 g/mol. The Hall–Kier alpha value is -1.55.